The van der Waals surface area contributed by atoms with Crippen LogP contribution in [-0.2, 0) is 6.54 Å². The molecule has 0 amide bonds. The number of hydroxylamine groups is 1. The van der Waals surface area contributed by atoms with E-state index in [0.717, 1.165) is 10.3 Å². The molecule has 2 aromatic carbocycles. The molecule has 0 fully saturated rings. The van der Waals surface area contributed by atoms with Gasteiger partial charge in [0.2, 0.25) is 0 Å². The van der Waals surface area contributed by atoms with Gasteiger partial charge in [0.1, 0.15) is 11.5 Å². The Morgan fingerprint density at radius 2 is 1.76 bits per heavy atom. The van der Waals surface area contributed by atoms with Gasteiger partial charge in [-0.1, -0.05) is 18.2 Å². The van der Waals surface area contributed by atoms with Crippen LogP contribution in [0.15, 0.2) is 53.7 Å². The summed E-state index contributed by atoms with van der Waals surface area (Å²) in [4.78, 5) is 0. The Bertz CT molecular complexity index is 612. The SMILES string of the molecule is C=NO.[O-][N+](=Cc1ccccc1)Cc1ccc(O)cc1O. The number of phenols is 2. The molecule has 110 valence electrons. The molecule has 3 N–H and O–H groups in total. The lowest BCUT2D eigenvalue weighted by molar-refractivity contribution is -0.469. The lowest BCUT2D eigenvalue weighted by Gasteiger charge is -2.06. The van der Waals surface area contributed by atoms with Gasteiger partial charge in [-0.25, -0.2) is 4.74 Å². The van der Waals surface area contributed by atoms with Crippen LogP contribution in [0.5, 0.6) is 11.5 Å². The van der Waals surface area contributed by atoms with Crippen LogP contribution in [0.2, 0.25) is 0 Å². The third-order valence-corrected chi connectivity index (χ3v) is 2.49. The van der Waals surface area contributed by atoms with Gasteiger partial charge in [0.15, 0.2) is 12.8 Å². The van der Waals surface area contributed by atoms with E-state index in [1.54, 1.807) is 0 Å². The van der Waals surface area contributed by atoms with Gasteiger partial charge in [0.05, 0.1) is 5.56 Å². The summed E-state index contributed by atoms with van der Waals surface area (Å²) in [6.07, 6.45) is 1.45. The van der Waals surface area contributed by atoms with Crippen LogP contribution < -0.4 is 0 Å². The fourth-order valence-corrected chi connectivity index (χ4v) is 1.60. The molecular weight excluding hydrogens is 272 g/mol. The van der Waals surface area contributed by atoms with E-state index in [-0.39, 0.29) is 18.0 Å². The molecule has 0 saturated carbocycles. The lowest BCUT2D eigenvalue weighted by Crippen LogP contribution is -2.05. The first kappa shape index (κ1) is 16.0. The summed E-state index contributed by atoms with van der Waals surface area (Å²) in [5, 5.41) is 39.8. The van der Waals surface area contributed by atoms with E-state index in [1.807, 2.05) is 30.3 Å². The summed E-state index contributed by atoms with van der Waals surface area (Å²) in [5.41, 5.74) is 1.26. The van der Waals surface area contributed by atoms with E-state index in [0.29, 0.717) is 5.56 Å². The maximum absolute atomic E-state index is 11.7. The third-order valence-electron chi connectivity index (χ3n) is 2.49. The normalized spacial score (nSPS) is 10.4. The molecule has 0 aromatic heterocycles. The number of nitrogens with zero attached hydrogens (tertiary/aromatic N) is 2. The number of oxime groups is 1. The zero-order valence-electron chi connectivity index (χ0n) is 11.3. The fraction of sp³-hybridized carbons (Fsp3) is 0.0667. The van der Waals surface area contributed by atoms with Crippen LogP contribution in [0, 0.1) is 5.21 Å². The second-order valence-electron chi connectivity index (χ2n) is 4.07. The summed E-state index contributed by atoms with van der Waals surface area (Å²) in [7, 11) is 0. The molecule has 0 spiro atoms. The largest absolute Gasteiger partial charge is 0.624 e. The van der Waals surface area contributed by atoms with Crippen molar-refractivity contribution in [3.8, 4) is 11.5 Å². The first-order valence-corrected chi connectivity index (χ1v) is 6.01. The second-order valence-corrected chi connectivity index (χ2v) is 4.07. The molecule has 2 aromatic rings. The van der Waals surface area contributed by atoms with Crippen molar-refractivity contribution in [2.75, 3.05) is 0 Å². The van der Waals surface area contributed by atoms with Crippen molar-refractivity contribution in [1.82, 2.24) is 0 Å². The molecular formula is C15H16N2O4. The third kappa shape index (κ3) is 5.65. The Morgan fingerprint density at radius 3 is 2.33 bits per heavy atom. The minimum absolute atomic E-state index is 0.0271. The van der Waals surface area contributed by atoms with E-state index in [1.165, 1.54) is 24.4 Å². The van der Waals surface area contributed by atoms with Gasteiger partial charge >= 0.3 is 0 Å². The zero-order chi connectivity index (χ0) is 15.7. The van der Waals surface area contributed by atoms with Crippen LogP contribution in [0.1, 0.15) is 11.1 Å². The quantitative estimate of drug-likeness (QED) is 0.265. The molecule has 0 aliphatic carbocycles. The summed E-state index contributed by atoms with van der Waals surface area (Å²) in [6.45, 7) is 2.70. The van der Waals surface area contributed by atoms with Gasteiger partial charge in [-0.15, -0.1) is 5.16 Å². The topological polar surface area (TPSA) is 99.1 Å². The number of hydrogen-bond donors (Lipinski definition) is 3. The summed E-state index contributed by atoms with van der Waals surface area (Å²) >= 11 is 0. The van der Waals surface area contributed by atoms with Crippen molar-refractivity contribution in [3.05, 3.63) is 64.9 Å². The molecule has 6 heteroatoms. The van der Waals surface area contributed by atoms with Gasteiger partial charge in [-0.2, -0.15) is 0 Å². The maximum atomic E-state index is 11.7. The van der Waals surface area contributed by atoms with Crippen molar-refractivity contribution in [3.63, 3.8) is 0 Å². The number of aromatic hydroxyl groups is 2. The molecule has 0 aliphatic rings. The van der Waals surface area contributed by atoms with Crippen molar-refractivity contribution in [1.29, 1.82) is 0 Å². The zero-order valence-corrected chi connectivity index (χ0v) is 11.3. The molecule has 21 heavy (non-hydrogen) atoms. The Labute approximate surface area is 122 Å². The molecule has 0 unspecified atom stereocenters. The van der Waals surface area contributed by atoms with E-state index >= 15 is 0 Å². The number of hydrogen-bond acceptors (Lipinski definition) is 5. The highest BCUT2D eigenvalue weighted by Gasteiger charge is 2.06. The molecule has 0 bridgehead atoms. The Balaban J connectivity index is 0.000000677. The average molecular weight is 288 g/mol. The highest BCUT2D eigenvalue weighted by atomic mass is 16.5. The average Bonchev–Trinajstić information content (AvgIpc) is 2.44. The van der Waals surface area contributed by atoms with Gasteiger partial charge in [-0.3, -0.25) is 0 Å². The molecule has 0 atom stereocenters. The lowest BCUT2D eigenvalue weighted by atomic mass is 10.2. The minimum Gasteiger partial charge on any atom is -0.624 e. The molecule has 2 rings (SSSR count). The smallest absolute Gasteiger partial charge is 0.182 e. The van der Waals surface area contributed by atoms with Gasteiger partial charge < -0.3 is 20.6 Å². The molecule has 6 nitrogen and oxygen atoms in total. The summed E-state index contributed by atoms with van der Waals surface area (Å²) < 4.78 is 0.738. The van der Waals surface area contributed by atoms with Crippen molar-refractivity contribution in [2.24, 2.45) is 5.16 Å². The number of rotatable bonds is 3. The Morgan fingerprint density at radius 1 is 1.14 bits per heavy atom. The van der Waals surface area contributed by atoms with Crippen LogP contribution >= 0.6 is 0 Å². The highest BCUT2D eigenvalue weighted by Crippen LogP contribution is 2.22. The predicted octanol–water partition coefficient (Wildman–Crippen LogP) is 2.30. The highest BCUT2D eigenvalue weighted by molar-refractivity contribution is 5.75. The van der Waals surface area contributed by atoms with Crippen molar-refractivity contribution in [2.45, 2.75) is 6.54 Å². The van der Waals surface area contributed by atoms with Gasteiger partial charge in [0, 0.05) is 18.3 Å². The first-order valence-electron chi connectivity index (χ1n) is 6.01. The first-order chi connectivity index (χ1) is 10.1. The summed E-state index contributed by atoms with van der Waals surface area (Å²) in [5.74, 6) is -0.113. The Hall–Kier alpha value is -3.02. The van der Waals surface area contributed by atoms with Crippen LogP contribution in [-0.4, -0.2) is 33.1 Å². The van der Waals surface area contributed by atoms with E-state index in [2.05, 4.69) is 11.9 Å². The molecule has 0 saturated heterocycles. The molecule has 0 aliphatic heterocycles. The number of benzene rings is 2. The van der Waals surface area contributed by atoms with Crippen LogP contribution in [0.4, 0.5) is 0 Å². The van der Waals surface area contributed by atoms with Crippen LogP contribution in [0.3, 0.4) is 0 Å². The second kappa shape index (κ2) is 8.21. The predicted molar refractivity (Wildman–Crippen MR) is 80.0 cm³/mol. The van der Waals surface area contributed by atoms with E-state index in [9.17, 15) is 10.3 Å². The van der Waals surface area contributed by atoms with Crippen molar-refractivity contribution >= 4 is 12.9 Å². The standard InChI is InChI=1S/C14H13NO3.CH3NO/c16-13-7-6-12(14(17)8-13)10-15(18)9-11-4-2-1-3-5-11;1-2-3/h1-9,16-17H,10H2;3H,1H2. The van der Waals surface area contributed by atoms with E-state index in [4.69, 9.17) is 10.3 Å². The maximum Gasteiger partial charge on any atom is 0.182 e. The Kier molecular flexibility index (Phi) is 6.27. The van der Waals surface area contributed by atoms with E-state index < -0.39 is 0 Å². The minimum atomic E-state index is -0.0858. The van der Waals surface area contributed by atoms with Crippen molar-refractivity contribution < 1.29 is 20.2 Å². The molecule has 0 heterocycles. The monoisotopic (exact) mass is 288 g/mol. The number of phenolic OH excluding ortho intramolecular Hbond substituents is 2. The van der Waals surface area contributed by atoms with Gasteiger partial charge in [0.25, 0.3) is 0 Å². The molecule has 0 radical (unpaired) electrons. The van der Waals surface area contributed by atoms with Gasteiger partial charge in [-0.05, 0) is 24.3 Å². The summed E-state index contributed by atoms with van der Waals surface area (Å²) in [6, 6.07) is 13.4. The fourth-order valence-electron chi connectivity index (χ4n) is 1.60. The van der Waals surface area contributed by atoms with Crippen LogP contribution in [0.25, 0.3) is 0 Å².